The first-order valence-corrected chi connectivity index (χ1v) is 9.25. The first-order valence-electron chi connectivity index (χ1n) is 7.31. The van der Waals surface area contributed by atoms with Crippen LogP contribution in [0.5, 0.6) is 0 Å². The average molecular weight is 373 g/mol. The van der Waals surface area contributed by atoms with Crippen LogP contribution in [0.4, 0.5) is 4.39 Å². The maximum Gasteiger partial charge on any atom is 0.166 e. The van der Waals surface area contributed by atoms with Crippen molar-refractivity contribution in [2.24, 2.45) is 5.92 Å². The summed E-state index contributed by atoms with van der Waals surface area (Å²) in [6, 6.07) is 4.65. The molecule has 0 aromatic heterocycles. The maximum atomic E-state index is 13.6. The second-order valence-electron chi connectivity index (χ2n) is 5.83. The number of ketones is 1. The zero-order valence-corrected chi connectivity index (χ0v) is 14.1. The molecule has 1 aromatic carbocycles. The lowest BCUT2D eigenvalue weighted by atomic mass is 9.79. The van der Waals surface area contributed by atoms with E-state index < -0.39 is 0 Å². The fourth-order valence-corrected chi connectivity index (χ4v) is 4.71. The van der Waals surface area contributed by atoms with Crippen LogP contribution in [0.2, 0.25) is 0 Å². The van der Waals surface area contributed by atoms with Gasteiger partial charge in [-0.15, -0.1) is 0 Å². The molecule has 1 aromatic rings. The van der Waals surface area contributed by atoms with Crippen LogP contribution in [0.25, 0.3) is 0 Å². The average Bonchev–Trinajstić information content (AvgIpc) is 2.50. The van der Waals surface area contributed by atoms with Gasteiger partial charge >= 0.3 is 0 Å². The Hall–Kier alpha value is -0.390. The summed E-state index contributed by atoms with van der Waals surface area (Å²) in [5.41, 5.74) is 0.362. The van der Waals surface area contributed by atoms with Gasteiger partial charge in [0.25, 0.3) is 0 Å². The lowest BCUT2D eigenvalue weighted by Crippen LogP contribution is -2.44. The Balaban J connectivity index is 1.76. The maximum absolute atomic E-state index is 13.6. The molecule has 2 aliphatic rings. The summed E-state index contributed by atoms with van der Waals surface area (Å²) >= 11 is 5.08. The largest absolute Gasteiger partial charge is 0.375 e. The van der Waals surface area contributed by atoms with E-state index in [9.17, 15) is 9.18 Å². The number of Topliss-reactive ketones (excluding diaryl/α,β-unsaturated/α-hetero) is 1. The highest BCUT2D eigenvalue weighted by atomic mass is 79.9. The Bertz CT molecular complexity index is 538. The summed E-state index contributed by atoms with van der Waals surface area (Å²) in [4.78, 5) is 12.6. The van der Waals surface area contributed by atoms with Gasteiger partial charge in [0.15, 0.2) is 5.78 Å². The molecule has 0 aliphatic carbocycles. The van der Waals surface area contributed by atoms with Gasteiger partial charge in [0.2, 0.25) is 0 Å². The Morgan fingerprint density at radius 3 is 2.86 bits per heavy atom. The van der Waals surface area contributed by atoms with Crippen LogP contribution in [0.1, 0.15) is 36.0 Å². The molecule has 2 saturated heterocycles. The number of hydrogen-bond acceptors (Lipinski definition) is 3. The van der Waals surface area contributed by atoms with Crippen molar-refractivity contribution in [1.82, 2.24) is 0 Å². The molecule has 0 bridgehead atoms. The summed E-state index contributed by atoms with van der Waals surface area (Å²) in [6.45, 7) is 0.639. The molecule has 1 atom stereocenters. The zero-order chi connectivity index (χ0) is 14.9. The second-order valence-corrected chi connectivity index (χ2v) is 7.91. The van der Waals surface area contributed by atoms with Gasteiger partial charge in [0.05, 0.1) is 10.1 Å². The Morgan fingerprint density at radius 2 is 2.14 bits per heavy atom. The fraction of sp³-hybridized carbons (Fsp3) is 0.562. The Morgan fingerprint density at radius 1 is 1.38 bits per heavy atom. The van der Waals surface area contributed by atoms with Crippen molar-refractivity contribution in [3.05, 3.63) is 34.1 Å². The van der Waals surface area contributed by atoms with Crippen molar-refractivity contribution < 1.29 is 13.9 Å². The standard InChI is InChI=1S/C16H18BrFO2S/c17-13-2-1-11(9-14(13)18)15(19)12-3-6-20-16(10-12)4-7-21-8-5-16/h1-2,9,12H,3-8,10H2. The quantitative estimate of drug-likeness (QED) is 0.716. The molecule has 3 rings (SSSR count). The van der Waals surface area contributed by atoms with Gasteiger partial charge in [0, 0.05) is 18.1 Å². The number of carbonyl (C=O) groups is 1. The van der Waals surface area contributed by atoms with Crippen molar-refractivity contribution in [2.75, 3.05) is 18.1 Å². The molecule has 2 heterocycles. The van der Waals surface area contributed by atoms with E-state index in [1.165, 1.54) is 6.07 Å². The predicted molar refractivity (Wildman–Crippen MR) is 86.4 cm³/mol. The number of carbonyl (C=O) groups excluding carboxylic acids is 1. The number of ether oxygens (including phenoxy) is 1. The van der Waals surface area contributed by atoms with Crippen molar-refractivity contribution in [3.63, 3.8) is 0 Å². The normalized spacial score (nSPS) is 25.0. The van der Waals surface area contributed by atoms with Crippen LogP contribution in [0, 0.1) is 11.7 Å². The van der Waals surface area contributed by atoms with E-state index in [0.717, 1.165) is 37.2 Å². The van der Waals surface area contributed by atoms with Gasteiger partial charge in [-0.2, -0.15) is 11.8 Å². The number of halogens is 2. The van der Waals surface area contributed by atoms with Crippen LogP contribution in [-0.4, -0.2) is 29.5 Å². The smallest absolute Gasteiger partial charge is 0.166 e. The van der Waals surface area contributed by atoms with Crippen LogP contribution in [0.15, 0.2) is 22.7 Å². The Labute approximate surface area is 137 Å². The van der Waals surface area contributed by atoms with Crippen LogP contribution >= 0.6 is 27.7 Å². The van der Waals surface area contributed by atoms with Crippen molar-refractivity contribution in [3.8, 4) is 0 Å². The van der Waals surface area contributed by atoms with Crippen molar-refractivity contribution in [2.45, 2.75) is 31.3 Å². The summed E-state index contributed by atoms with van der Waals surface area (Å²) in [5.74, 6) is 1.85. The highest BCUT2D eigenvalue weighted by Crippen LogP contribution is 2.40. The van der Waals surface area contributed by atoms with Crippen molar-refractivity contribution >= 4 is 33.5 Å². The highest BCUT2D eigenvalue weighted by Gasteiger charge is 2.41. The first-order chi connectivity index (χ1) is 10.1. The molecule has 2 fully saturated rings. The van der Waals surface area contributed by atoms with Crippen molar-refractivity contribution in [1.29, 1.82) is 0 Å². The molecule has 0 N–H and O–H groups in total. The lowest BCUT2D eigenvalue weighted by molar-refractivity contribution is -0.0959. The molecular formula is C16H18BrFO2S. The van der Waals surface area contributed by atoms with E-state index in [1.807, 2.05) is 11.8 Å². The Kier molecular flexibility index (Phi) is 4.71. The monoisotopic (exact) mass is 372 g/mol. The lowest BCUT2D eigenvalue weighted by Gasteiger charge is -2.42. The molecule has 114 valence electrons. The molecule has 1 unspecified atom stereocenters. The van der Waals surface area contributed by atoms with Gasteiger partial charge in [-0.3, -0.25) is 4.79 Å². The van der Waals surface area contributed by atoms with Crippen LogP contribution in [-0.2, 0) is 4.74 Å². The minimum absolute atomic E-state index is 0.0394. The topological polar surface area (TPSA) is 26.3 Å². The van der Waals surface area contributed by atoms with Gasteiger partial charge in [-0.1, -0.05) is 6.07 Å². The molecule has 0 radical (unpaired) electrons. The fourth-order valence-electron chi connectivity index (χ4n) is 3.23. The molecule has 0 saturated carbocycles. The van der Waals surface area contributed by atoms with Gasteiger partial charge < -0.3 is 4.74 Å². The third-order valence-corrected chi connectivity index (χ3v) is 6.10. The van der Waals surface area contributed by atoms with Crippen LogP contribution in [0.3, 0.4) is 0 Å². The van der Waals surface area contributed by atoms with E-state index in [4.69, 9.17) is 4.74 Å². The predicted octanol–water partition coefficient (Wildman–Crippen LogP) is 4.46. The van der Waals surface area contributed by atoms with E-state index in [0.29, 0.717) is 16.6 Å². The SMILES string of the molecule is O=C(c1ccc(Br)c(F)c1)C1CCOC2(CCSCC2)C1. The third-order valence-electron chi connectivity index (χ3n) is 4.47. The first kappa shape index (κ1) is 15.5. The second kappa shape index (κ2) is 6.39. The number of hydrogen-bond donors (Lipinski definition) is 0. The van der Waals surface area contributed by atoms with Gasteiger partial charge in [-0.25, -0.2) is 4.39 Å². The van der Waals surface area contributed by atoms with E-state index in [-0.39, 0.29) is 23.1 Å². The number of rotatable bonds is 2. The van der Waals surface area contributed by atoms with Crippen LogP contribution < -0.4 is 0 Å². The summed E-state index contributed by atoms with van der Waals surface area (Å²) in [7, 11) is 0. The van der Waals surface area contributed by atoms with E-state index in [1.54, 1.807) is 12.1 Å². The molecule has 0 amide bonds. The third kappa shape index (κ3) is 3.35. The van der Waals surface area contributed by atoms with Gasteiger partial charge in [0.1, 0.15) is 5.82 Å². The summed E-state index contributed by atoms with van der Waals surface area (Å²) in [5, 5.41) is 0. The highest BCUT2D eigenvalue weighted by molar-refractivity contribution is 9.10. The van der Waals surface area contributed by atoms with E-state index in [2.05, 4.69) is 15.9 Å². The molecule has 2 aliphatic heterocycles. The minimum Gasteiger partial charge on any atom is -0.375 e. The molecular weight excluding hydrogens is 355 g/mol. The molecule has 5 heteroatoms. The number of thioether (sulfide) groups is 1. The number of benzene rings is 1. The minimum atomic E-state index is -0.378. The summed E-state index contributed by atoms with van der Waals surface area (Å²) in [6.07, 6.45) is 3.57. The van der Waals surface area contributed by atoms with E-state index >= 15 is 0 Å². The molecule has 2 nitrogen and oxygen atoms in total. The zero-order valence-electron chi connectivity index (χ0n) is 11.7. The molecule has 1 spiro atoms. The summed E-state index contributed by atoms with van der Waals surface area (Å²) < 4.78 is 20.0. The van der Waals surface area contributed by atoms with Gasteiger partial charge in [-0.05, 0) is 65.3 Å². The molecule has 21 heavy (non-hydrogen) atoms.